The summed E-state index contributed by atoms with van der Waals surface area (Å²) in [4.78, 5) is 26.3. The largest absolute Gasteiger partial charge is 0.481 e. The molecule has 6 heteroatoms. The molecule has 0 spiro atoms. The molecule has 0 amide bonds. The number of nitrogen functional groups attached to an aromatic ring is 1. The predicted molar refractivity (Wildman–Crippen MR) is 61.6 cm³/mol. The molecule has 6 nitrogen and oxygen atoms in total. The van der Waals surface area contributed by atoms with Crippen LogP contribution in [0.5, 0.6) is 0 Å². The van der Waals surface area contributed by atoms with Gasteiger partial charge in [-0.15, -0.1) is 0 Å². The minimum Gasteiger partial charge on any atom is -0.481 e. The van der Waals surface area contributed by atoms with Gasteiger partial charge in [0.15, 0.2) is 0 Å². The maximum Gasteiger partial charge on any atom is 0.303 e. The van der Waals surface area contributed by atoms with Crippen molar-refractivity contribution in [1.29, 1.82) is 0 Å². The molecule has 0 bridgehead atoms. The van der Waals surface area contributed by atoms with Gasteiger partial charge in [0.05, 0.1) is 17.5 Å². The Morgan fingerprint density at radius 3 is 2.71 bits per heavy atom. The number of nitrogens with two attached hydrogens (primary N) is 1. The number of aromatic nitrogens is 2. The Morgan fingerprint density at radius 1 is 1.29 bits per heavy atom. The number of aliphatic carboxylic acids is 1. The van der Waals surface area contributed by atoms with E-state index in [4.69, 9.17) is 10.8 Å². The lowest BCUT2D eigenvalue weighted by Crippen LogP contribution is -2.14. The molecular weight excluding hydrogens is 222 g/mol. The number of carbonyl (C=O) groups excluding carboxylic acids is 1. The molecule has 0 fully saturated rings. The van der Waals surface area contributed by atoms with Gasteiger partial charge in [-0.1, -0.05) is 12.1 Å². The first-order valence-electron chi connectivity index (χ1n) is 5.07. The second kappa shape index (κ2) is 4.25. The van der Waals surface area contributed by atoms with Crippen LogP contribution < -0.4 is 5.73 Å². The topological polar surface area (TPSA) is 98.2 Å². The van der Waals surface area contributed by atoms with Crippen LogP contribution in [0.2, 0.25) is 0 Å². The summed E-state index contributed by atoms with van der Waals surface area (Å²) in [6.45, 7) is 0. The van der Waals surface area contributed by atoms with Crippen molar-refractivity contribution in [2.45, 2.75) is 12.8 Å². The number of carboxylic acid groups (broad SMARTS) is 1. The minimum atomic E-state index is -1.01. The summed E-state index contributed by atoms with van der Waals surface area (Å²) >= 11 is 0. The number of fused-ring (bicyclic) bond motifs is 1. The van der Waals surface area contributed by atoms with E-state index in [-0.39, 0.29) is 24.7 Å². The summed E-state index contributed by atoms with van der Waals surface area (Å²) in [6.07, 6.45) is -0.315. The van der Waals surface area contributed by atoms with Crippen LogP contribution in [0.25, 0.3) is 11.0 Å². The molecule has 0 aliphatic rings. The minimum absolute atomic E-state index is 0.0848. The van der Waals surface area contributed by atoms with Crippen molar-refractivity contribution in [2.75, 3.05) is 5.73 Å². The van der Waals surface area contributed by atoms with Gasteiger partial charge in [-0.05, 0) is 12.1 Å². The monoisotopic (exact) mass is 233 g/mol. The SMILES string of the molecule is Nc1nc2ccccc2n1C(=O)CCC(=O)O. The molecule has 0 atom stereocenters. The van der Waals surface area contributed by atoms with E-state index >= 15 is 0 Å². The molecule has 2 rings (SSSR count). The Morgan fingerprint density at radius 2 is 2.00 bits per heavy atom. The summed E-state index contributed by atoms with van der Waals surface area (Å²) in [5, 5.41) is 8.53. The molecule has 0 saturated heterocycles. The number of nitrogens with zero attached hydrogens (tertiary/aromatic N) is 2. The molecular formula is C11H11N3O3. The molecule has 0 aliphatic heterocycles. The van der Waals surface area contributed by atoms with E-state index in [0.717, 1.165) is 0 Å². The smallest absolute Gasteiger partial charge is 0.303 e. The van der Waals surface area contributed by atoms with E-state index in [0.29, 0.717) is 11.0 Å². The zero-order chi connectivity index (χ0) is 12.4. The fraction of sp³-hybridized carbons (Fsp3) is 0.182. The molecule has 1 aromatic heterocycles. The number of benzene rings is 1. The normalized spacial score (nSPS) is 10.6. The predicted octanol–water partition coefficient (Wildman–Crippen LogP) is 1.12. The third kappa shape index (κ3) is 2.10. The van der Waals surface area contributed by atoms with Crippen LogP contribution in [0.4, 0.5) is 5.95 Å². The van der Waals surface area contributed by atoms with E-state index in [1.807, 2.05) is 0 Å². The average Bonchev–Trinajstić information content (AvgIpc) is 2.61. The third-order valence-corrected chi connectivity index (χ3v) is 2.39. The van der Waals surface area contributed by atoms with Gasteiger partial charge in [0.25, 0.3) is 0 Å². The second-order valence-corrected chi connectivity index (χ2v) is 3.58. The van der Waals surface area contributed by atoms with Gasteiger partial charge in [0.2, 0.25) is 11.9 Å². The summed E-state index contributed by atoms with van der Waals surface area (Å²) in [5.74, 6) is -1.29. The number of para-hydroxylation sites is 2. The van der Waals surface area contributed by atoms with Crippen molar-refractivity contribution in [2.24, 2.45) is 0 Å². The van der Waals surface area contributed by atoms with Crippen molar-refractivity contribution >= 4 is 28.9 Å². The molecule has 0 unspecified atom stereocenters. The van der Waals surface area contributed by atoms with E-state index in [9.17, 15) is 9.59 Å². The molecule has 1 heterocycles. The zero-order valence-electron chi connectivity index (χ0n) is 8.96. The highest BCUT2D eigenvalue weighted by Crippen LogP contribution is 2.17. The first kappa shape index (κ1) is 11.1. The van der Waals surface area contributed by atoms with E-state index in [1.54, 1.807) is 24.3 Å². The quantitative estimate of drug-likeness (QED) is 0.827. The lowest BCUT2D eigenvalue weighted by Gasteiger charge is -2.03. The van der Waals surface area contributed by atoms with Crippen molar-refractivity contribution in [3.63, 3.8) is 0 Å². The van der Waals surface area contributed by atoms with E-state index in [2.05, 4.69) is 4.98 Å². The number of rotatable bonds is 3. The summed E-state index contributed by atoms with van der Waals surface area (Å²) in [7, 11) is 0. The van der Waals surface area contributed by atoms with Crippen LogP contribution in [0.1, 0.15) is 17.6 Å². The van der Waals surface area contributed by atoms with Gasteiger partial charge in [0.1, 0.15) is 0 Å². The number of imidazole rings is 1. The van der Waals surface area contributed by atoms with E-state index < -0.39 is 5.97 Å². The highest BCUT2D eigenvalue weighted by atomic mass is 16.4. The molecule has 0 aliphatic carbocycles. The number of carbonyl (C=O) groups is 2. The Labute approximate surface area is 96.7 Å². The van der Waals surface area contributed by atoms with Gasteiger partial charge in [0, 0.05) is 6.42 Å². The fourth-order valence-corrected chi connectivity index (χ4v) is 1.63. The van der Waals surface area contributed by atoms with Crippen molar-refractivity contribution in [3.8, 4) is 0 Å². The first-order chi connectivity index (χ1) is 8.09. The Bertz CT molecular complexity index is 589. The molecule has 0 saturated carbocycles. The molecule has 0 radical (unpaired) electrons. The summed E-state index contributed by atoms with van der Waals surface area (Å²) in [6, 6.07) is 7.02. The van der Waals surface area contributed by atoms with Gasteiger partial charge in [-0.3, -0.25) is 9.59 Å². The molecule has 3 N–H and O–H groups in total. The van der Waals surface area contributed by atoms with Crippen LogP contribution in [0.15, 0.2) is 24.3 Å². The Hall–Kier alpha value is -2.37. The molecule has 1 aromatic carbocycles. The standard InChI is InChI=1S/C11H11N3O3/c12-11-13-7-3-1-2-4-8(7)14(11)9(15)5-6-10(16)17/h1-4H,5-6H2,(H2,12,13)(H,16,17). The number of hydrogen-bond acceptors (Lipinski definition) is 4. The first-order valence-corrected chi connectivity index (χ1v) is 5.07. The highest BCUT2D eigenvalue weighted by Gasteiger charge is 2.15. The number of anilines is 1. The lowest BCUT2D eigenvalue weighted by atomic mass is 10.2. The van der Waals surface area contributed by atoms with Crippen LogP contribution in [-0.4, -0.2) is 26.5 Å². The molecule has 17 heavy (non-hydrogen) atoms. The molecule has 2 aromatic rings. The van der Waals surface area contributed by atoms with Crippen LogP contribution >= 0.6 is 0 Å². The summed E-state index contributed by atoms with van der Waals surface area (Å²) in [5.41, 5.74) is 6.86. The van der Waals surface area contributed by atoms with Crippen molar-refractivity contribution in [1.82, 2.24) is 9.55 Å². The number of carboxylic acids is 1. The van der Waals surface area contributed by atoms with Gasteiger partial charge in [-0.2, -0.15) is 0 Å². The summed E-state index contributed by atoms with van der Waals surface area (Å²) < 4.78 is 1.25. The second-order valence-electron chi connectivity index (χ2n) is 3.58. The van der Waals surface area contributed by atoms with Gasteiger partial charge < -0.3 is 10.8 Å². The van der Waals surface area contributed by atoms with Crippen LogP contribution in [0, 0.1) is 0 Å². The maximum absolute atomic E-state index is 11.8. The van der Waals surface area contributed by atoms with Gasteiger partial charge in [-0.25, -0.2) is 9.55 Å². The molecule has 88 valence electrons. The Kier molecular flexibility index (Phi) is 2.78. The van der Waals surface area contributed by atoms with Crippen LogP contribution in [-0.2, 0) is 4.79 Å². The van der Waals surface area contributed by atoms with Gasteiger partial charge >= 0.3 is 5.97 Å². The average molecular weight is 233 g/mol. The zero-order valence-corrected chi connectivity index (χ0v) is 8.96. The maximum atomic E-state index is 11.8. The third-order valence-electron chi connectivity index (χ3n) is 2.39. The van der Waals surface area contributed by atoms with Crippen LogP contribution in [0.3, 0.4) is 0 Å². The van der Waals surface area contributed by atoms with Crippen molar-refractivity contribution < 1.29 is 14.7 Å². The fourth-order valence-electron chi connectivity index (χ4n) is 1.63. The number of hydrogen-bond donors (Lipinski definition) is 2. The van der Waals surface area contributed by atoms with E-state index in [1.165, 1.54) is 4.57 Å². The van der Waals surface area contributed by atoms with Crippen molar-refractivity contribution in [3.05, 3.63) is 24.3 Å². The Balaban J connectivity index is 2.37. The highest BCUT2D eigenvalue weighted by molar-refractivity contribution is 5.94. The lowest BCUT2D eigenvalue weighted by molar-refractivity contribution is -0.136.